The minimum atomic E-state index is -3.67. The maximum atomic E-state index is 12.8. The molecule has 7 nitrogen and oxygen atoms in total. The van der Waals surface area contributed by atoms with Crippen LogP contribution >= 0.6 is 11.3 Å². The Morgan fingerprint density at radius 1 is 1.00 bits per heavy atom. The van der Waals surface area contributed by atoms with Crippen LogP contribution in [0.3, 0.4) is 0 Å². The highest BCUT2D eigenvalue weighted by molar-refractivity contribution is 7.90. The third kappa shape index (κ3) is 4.84. The van der Waals surface area contributed by atoms with E-state index in [9.17, 15) is 13.7 Å². The molecule has 0 aliphatic heterocycles. The van der Waals surface area contributed by atoms with Gasteiger partial charge >= 0.3 is 0 Å². The predicted molar refractivity (Wildman–Crippen MR) is 132 cm³/mol. The van der Waals surface area contributed by atoms with Gasteiger partial charge in [0.2, 0.25) is 0 Å². The first-order chi connectivity index (χ1) is 17.0. The number of hydrogen-bond acceptors (Lipinski definition) is 8. The lowest BCUT2D eigenvalue weighted by molar-refractivity contribution is 0.480. The molecule has 3 aromatic heterocycles. The quantitative estimate of drug-likeness (QED) is 0.266. The summed E-state index contributed by atoms with van der Waals surface area (Å²) in [4.78, 5) is 8.60. The van der Waals surface area contributed by atoms with Crippen molar-refractivity contribution in [1.29, 1.82) is 5.26 Å². The number of furan rings is 1. The van der Waals surface area contributed by atoms with Crippen LogP contribution in [0.1, 0.15) is 10.6 Å². The fourth-order valence-electron chi connectivity index (χ4n) is 3.50. The highest BCUT2D eigenvalue weighted by Crippen LogP contribution is 2.37. The number of aromatic nitrogens is 2. The van der Waals surface area contributed by atoms with E-state index in [4.69, 9.17) is 9.15 Å². The third-order valence-corrected chi connectivity index (χ3v) is 7.80. The number of ether oxygens (including phenoxy) is 1. The van der Waals surface area contributed by atoms with E-state index < -0.39 is 9.84 Å². The maximum Gasteiger partial charge on any atom is 0.184 e. The zero-order valence-corrected chi connectivity index (χ0v) is 19.8. The summed E-state index contributed by atoms with van der Waals surface area (Å²) in [5, 5.41) is 11.9. The largest absolute Gasteiger partial charge is 0.472 e. The van der Waals surface area contributed by atoms with Crippen LogP contribution in [0.2, 0.25) is 0 Å². The van der Waals surface area contributed by atoms with Crippen LogP contribution in [0.4, 0.5) is 0 Å². The second-order valence-electron chi connectivity index (χ2n) is 7.50. The molecule has 172 valence electrons. The summed E-state index contributed by atoms with van der Waals surface area (Å²) in [6, 6.07) is 19.7. The predicted octanol–water partition coefficient (Wildman–Crippen LogP) is 6.10. The van der Waals surface area contributed by atoms with Gasteiger partial charge in [-0.3, -0.25) is 4.98 Å². The number of nitrogens with zero attached hydrogens (tertiary/aromatic N) is 3. The molecule has 0 aliphatic carbocycles. The van der Waals surface area contributed by atoms with Crippen molar-refractivity contribution in [3.63, 3.8) is 0 Å². The molecule has 35 heavy (non-hydrogen) atoms. The Morgan fingerprint density at radius 2 is 1.86 bits per heavy atom. The number of rotatable bonds is 7. The van der Waals surface area contributed by atoms with Gasteiger partial charge in [0.15, 0.2) is 15.6 Å². The second-order valence-corrected chi connectivity index (χ2v) is 10.5. The molecular formula is C26H17N3O4S2. The lowest BCUT2D eigenvalue weighted by Gasteiger charge is -2.13. The van der Waals surface area contributed by atoms with E-state index in [0.717, 1.165) is 22.4 Å². The van der Waals surface area contributed by atoms with Crippen molar-refractivity contribution in [1.82, 2.24) is 9.97 Å². The zero-order chi connectivity index (χ0) is 24.3. The van der Waals surface area contributed by atoms with Crippen molar-refractivity contribution < 1.29 is 17.6 Å². The van der Waals surface area contributed by atoms with Crippen LogP contribution < -0.4 is 4.74 Å². The Morgan fingerprint density at radius 3 is 2.57 bits per heavy atom. The lowest BCUT2D eigenvalue weighted by Crippen LogP contribution is -2.05. The molecule has 5 aromatic rings. The molecule has 2 aromatic carbocycles. The first kappa shape index (κ1) is 22.5. The minimum absolute atomic E-state index is 0.0317. The molecule has 0 amide bonds. The Bertz CT molecular complexity index is 1610. The first-order valence-electron chi connectivity index (χ1n) is 10.4. The van der Waals surface area contributed by atoms with Gasteiger partial charge in [-0.1, -0.05) is 30.3 Å². The fourth-order valence-corrected chi connectivity index (χ4v) is 5.78. The van der Waals surface area contributed by atoms with Crippen molar-refractivity contribution in [2.75, 3.05) is 0 Å². The average Bonchev–Trinajstić information content (AvgIpc) is 3.59. The molecular weight excluding hydrogens is 482 g/mol. The summed E-state index contributed by atoms with van der Waals surface area (Å²) in [7, 11) is -3.67. The van der Waals surface area contributed by atoms with Gasteiger partial charge in [0.25, 0.3) is 0 Å². The number of pyridine rings is 1. The molecule has 0 atom stereocenters. The highest BCUT2D eigenvalue weighted by Gasteiger charge is 2.20. The monoisotopic (exact) mass is 499 g/mol. The van der Waals surface area contributed by atoms with Gasteiger partial charge in [-0.25, -0.2) is 13.4 Å². The van der Waals surface area contributed by atoms with E-state index in [2.05, 4.69) is 9.97 Å². The minimum Gasteiger partial charge on any atom is -0.472 e. The summed E-state index contributed by atoms with van der Waals surface area (Å²) in [5.41, 5.74) is 3.28. The van der Waals surface area contributed by atoms with Gasteiger partial charge in [0.1, 0.15) is 22.6 Å². The lowest BCUT2D eigenvalue weighted by atomic mass is 10.0. The van der Waals surface area contributed by atoms with E-state index in [0.29, 0.717) is 10.8 Å². The van der Waals surface area contributed by atoms with Crippen molar-refractivity contribution >= 4 is 21.2 Å². The number of benzene rings is 2. The summed E-state index contributed by atoms with van der Waals surface area (Å²) >= 11 is 1.26. The standard InChI is InChI=1S/C26H17N3O4S2/c27-14-20-12-21(35(30,31)17-26-28-9-11-34-26)6-7-24(20)33-25-15-29-23(18-4-2-1-3-5-18)13-22(25)19-8-10-32-16-19/h1-13,15-16H,17H2. The fraction of sp³-hybridized carbons (Fsp3) is 0.0385. The van der Waals surface area contributed by atoms with Crippen LogP contribution in [-0.2, 0) is 15.6 Å². The van der Waals surface area contributed by atoms with Crippen LogP contribution in [0.15, 0.2) is 100 Å². The Hall–Kier alpha value is -4.26. The molecule has 0 saturated carbocycles. The van der Waals surface area contributed by atoms with Gasteiger partial charge in [-0.15, -0.1) is 11.3 Å². The molecule has 0 aliphatic rings. The molecule has 0 fully saturated rings. The third-order valence-electron chi connectivity index (χ3n) is 5.22. The van der Waals surface area contributed by atoms with E-state index >= 15 is 0 Å². The second kappa shape index (κ2) is 9.54. The summed E-state index contributed by atoms with van der Waals surface area (Å²) < 4.78 is 37.0. The van der Waals surface area contributed by atoms with Gasteiger partial charge in [0, 0.05) is 28.3 Å². The van der Waals surface area contributed by atoms with Crippen molar-refractivity contribution in [3.05, 3.63) is 102 Å². The molecule has 3 heterocycles. The number of sulfone groups is 1. The molecule has 5 rings (SSSR count). The van der Waals surface area contributed by atoms with Crippen LogP contribution in [0, 0.1) is 11.3 Å². The number of hydrogen-bond donors (Lipinski definition) is 0. The van der Waals surface area contributed by atoms with E-state index in [1.807, 2.05) is 42.5 Å². The summed E-state index contributed by atoms with van der Waals surface area (Å²) in [6.45, 7) is 0. The number of nitriles is 1. The highest BCUT2D eigenvalue weighted by atomic mass is 32.2. The Labute approximate surface area is 205 Å². The SMILES string of the molecule is N#Cc1cc(S(=O)(=O)Cc2nccs2)ccc1Oc1cnc(-c2ccccc2)cc1-c1ccoc1. The number of thiazole rings is 1. The topological polar surface area (TPSA) is 106 Å². The normalized spacial score (nSPS) is 11.2. The molecule has 9 heteroatoms. The Balaban J connectivity index is 1.50. The molecule has 0 radical (unpaired) electrons. The van der Waals surface area contributed by atoms with Crippen LogP contribution in [0.25, 0.3) is 22.4 Å². The van der Waals surface area contributed by atoms with E-state index in [1.165, 1.54) is 29.5 Å². The van der Waals surface area contributed by atoms with Gasteiger partial charge < -0.3 is 9.15 Å². The molecule has 0 bridgehead atoms. The van der Waals surface area contributed by atoms with Gasteiger partial charge in [-0.05, 0) is 30.3 Å². The van der Waals surface area contributed by atoms with Crippen LogP contribution in [-0.4, -0.2) is 18.4 Å². The molecule has 0 saturated heterocycles. The Kier molecular flexibility index (Phi) is 6.14. The van der Waals surface area contributed by atoms with Gasteiger partial charge in [0.05, 0.1) is 34.9 Å². The smallest absolute Gasteiger partial charge is 0.184 e. The first-order valence-corrected chi connectivity index (χ1v) is 13.0. The van der Waals surface area contributed by atoms with Gasteiger partial charge in [-0.2, -0.15) is 5.26 Å². The van der Waals surface area contributed by atoms with Crippen molar-refractivity contribution in [2.45, 2.75) is 10.6 Å². The maximum absolute atomic E-state index is 12.8. The average molecular weight is 500 g/mol. The molecule has 0 spiro atoms. The van der Waals surface area contributed by atoms with Crippen molar-refractivity contribution in [3.8, 4) is 40.0 Å². The zero-order valence-electron chi connectivity index (χ0n) is 18.2. The van der Waals surface area contributed by atoms with E-state index in [-0.39, 0.29) is 22.0 Å². The van der Waals surface area contributed by atoms with E-state index in [1.54, 1.807) is 36.4 Å². The van der Waals surface area contributed by atoms with Crippen LogP contribution in [0.5, 0.6) is 11.5 Å². The molecule has 0 N–H and O–H groups in total. The summed E-state index contributed by atoms with van der Waals surface area (Å²) in [6.07, 6.45) is 6.29. The summed E-state index contributed by atoms with van der Waals surface area (Å²) in [5.74, 6) is 0.395. The molecule has 0 unspecified atom stereocenters. The van der Waals surface area contributed by atoms with Crippen molar-refractivity contribution in [2.24, 2.45) is 0 Å².